The van der Waals surface area contributed by atoms with Gasteiger partial charge in [0, 0.05) is 5.56 Å². The molecule has 11 heteroatoms. The Bertz CT molecular complexity index is 1060. The van der Waals surface area contributed by atoms with Gasteiger partial charge in [-0.2, -0.15) is 13.2 Å². The van der Waals surface area contributed by atoms with Gasteiger partial charge in [-0.1, -0.05) is 19.1 Å². The molecule has 0 radical (unpaired) electrons. The van der Waals surface area contributed by atoms with Crippen molar-refractivity contribution in [1.29, 1.82) is 0 Å². The highest BCUT2D eigenvalue weighted by Gasteiger charge is 2.66. The van der Waals surface area contributed by atoms with Gasteiger partial charge in [-0.25, -0.2) is 9.59 Å². The molecule has 0 saturated carbocycles. The molecular formula is C23H23F3N2O6. The molecule has 0 bridgehead atoms. The second kappa shape index (κ2) is 9.72. The number of ketones is 1. The molecule has 3 atom stereocenters. The minimum Gasteiger partial charge on any atom is -0.494 e. The highest BCUT2D eigenvalue weighted by atomic mass is 19.4. The number of methoxy groups -OCH3 is 1. The Morgan fingerprint density at radius 3 is 2.18 bits per heavy atom. The van der Waals surface area contributed by atoms with E-state index < -0.39 is 41.6 Å². The van der Waals surface area contributed by atoms with E-state index in [4.69, 9.17) is 4.74 Å². The molecule has 3 rings (SSSR count). The van der Waals surface area contributed by atoms with Crippen LogP contribution in [0, 0.1) is 5.92 Å². The van der Waals surface area contributed by atoms with Crippen molar-refractivity contribution in [2.45, 2.75) is 31.3 Å². The van der Waals surface area contributed by atoms with Crippen LogP contribution in [0.25, 0.3) is 0 Å². The van der Waals surface area contributed by atoms with Crippen LogP contribution in [0.3, 0.4) is 0 Å². The third kappa shape index (κ3) is 4.84. The highest BCUT2D eigenvalue weighted by Crippen LogP contribution is 2.44. The zero-order chi connectivity index (χ0) is 25.1. The molecule has 1 saturated heterocycles. The summed E-state index contributed by atoms with van der Waals surface area (Å²) in [7, 11) is 1.17. The first kappa shape index (κ1) is 25.0. The van der Waals surface area contributed by atoms with E-state index in [-0.39, 0.29) is 16.7 Å². The van der Waals surface area contributed by atoms with Gasteiger partial charge >= 0.3 is 18.2 Å². The number of alkyl halides is 3. The first-order chi connectivity index (χ1) is 16.0. The number of halogens is 3. The van der Waals surface area contributed by atoms with Crippen molar-refractivity contribution in [2.75, 3.05) is 13.7 Å². The Kier molecular flexibility index (Phi) is 7.15. The molecule has 1 fully saturated rings. The van der Waals surface area contributed by atoms with Gasteiger partial charge in [0.05, 0.1) is 25.3 Å². The summed E-state index contributed by atoms with van der Waals surface area (Å²) in [5.41, 5.74) is -3.78. The number of amides is 2. The number of hydrogen-bond donors (Lipinski definition) is 3. The molecule has 34 heavy (non-hydrogen) atoms. The number of carbonyl (C=O) groups is 3. The lowest BCUT2D eigenvalue weighted by atomic mass is 9.77. The lowest BCUT2D eigenvalue weighted by Gasteiger charge is -2.45. The first-order valence-corrected chi connectivity index (χ1v) is 10.3. The van der Waals surface area contributed by atoms with Crippen LogP contribution in [0.2, 0.25) is 0 Å². The number of ether oxygens (including phenoxy) is 2. The molecule has 8 nitrogen and oxygen atoms in total. The summed E-state index contributed by atoms with van der Waals surface area (Å²) < 4.78 is 52.0. The predicted octanol–water partition coefficient (Wildman–Crippen LogP) is 3.37. The summed E-state index contributed by atoms with van der Waals surface area (Å²) in [6.07, 6.45) is -4.64. The van der Waals surface area contributed by atoms with Gasteiger partial charge in [0.15, 0.2) is 5.78 Å². The van der Waals surface area contributed by atoms with Crippen LogP contribution in [0.4, 0.5) is 18.0 Å². The fourth-order valence-electron chi connectivity index (χ4n) is 3.68. The van der Waals surface area contributed by atoms with Crippen molar-refractivity contribution >= 4 is 17.8 Å². The summed E-state index contributed by atoms with van der Waals surface area (Å²) in [6, 6.07) is 7.70. The number of Topliss-reactive ketones (excluding diaryl/α,β-unsaturated/α-hetero) is 1. The van der Waals surface area contributed by atoms with Gasteiger partial charge in [-0.05, 0) is 48.4 Å². The van der Waals surface area contributed by atoms with E-state index in [1.807, 2.05) is 6.92 Å². The molecule has 0 aromatic heterocycles. The van der Waals surface area contributed by atoms with Gasteiger partial charge in [0.2, 0.25) is 5.72 Å². The molecule has 2 aromatic rings. The highest BCUT2D eigenvalue weighted by molar-refractivity contribution is 6.00. The van der Waals surface area contributed by atoms with Crippen molar-refractivity contribution in [3.63, 3.8) is 0 Å². The summed E-state index contributed by atoms with van der Waals surface area (Å²) in [6.45, 7) is 2.32. The van der Waals surface area contributed by atoms with E-state index in [9.17, 15) is 32.7 Å². The molecule has 1 heterocycles. The lowest BCUT2D eigenvalue weighted by Crippen LogP contribution is -2.72. The summed E-state index contributed by atoms with van der Waals surface area (Å²) in [4.78, 5) is 37.1. The minimum atomic E-state index is -5.38. The van der Waals surface area contributed by atoms with Crippen LogP contribution < -0.4 is 15.4 Å². The number of rotatable bonds is 7. The molecule has 3 N–H and O–H groups in total. The molecular weight excluding hydrogens is 457 g/mol. The zero-order valence-electron chi connectivity index (χ0n) is 18.3. The Hall–Kier alpha value is -3.60. The maximum absolute atomic E-state index is 14.0. The number of carbonyl (C=O) groups excluding carboxylic acids is 3. The number of esters is 1. The van der Waals surface area contributed by atoms with Crippen molar-refractivity contribution in [3.05, 3.63) is 65.2 Å². The predicted molar refractivity (Wildman–Crippen MR) is 113 cm³/mol. The topological polar surface area (TPSA) is 114 Å². The van der Waals surface area contributed by atoms with E-state index in [0.29, 0.717) is 12.4 Å². The van der Waals surface area contributed by atoms with Gasteiger partial charge in [0.25, 0.3) is 0 Å². The Morgan fingerprint density at radius 1 is 1.06 bits per heavy atom. The number of nitrogens with one attached hydrogen (secondary N) is 2. The monoisotopic (exact) mass is 480 g/mol. The normalized spacial score (nSPS) is 22.4. The third-order valence-electron chi connectivity index (χ3n) is 5.39. The van der Waals surface area contributed by atoms with Crippen molar-refractivity contribution in [3.8, 4) is 5.75 Å². The molecule has 0 aliphatic carbocycles. The van der Waals surface area contributed by atoms with E-state index in [2.05, 4.69) is 10.1 Å². The number of aliphatic hydroxyl groups is 1. The number of benzene rings is 2. The SMILES string of the molecule is CCCOc1ccc(C(=O)[C@@H]2[C@H](c3ccc(C(=O)OC)cc3)NC(=O)N[C@@]2(O)C(F)(F)F)cc1. The van der Waals surface area contributed by atoms with E-state index in [1.165, 1.54) is 61.0 Å². The molecule has 1 aliphatic rings. The van der Waals surface area contributed by atoms with Crippen molar-refractivity contribution in [2.24, 2.45) is 5.92 Å². The first-order valence-electron chi connectivity index (χ1n) is 10.3. The van der Waals surface area contributed by atoms with Gasteiger partial charge in [-0.15, -0.1) is 0 Å². The van der Waals surface area contributed by atoms with Crippen LogP contribution >= 0.6 is 0 Å². The average Bonchev–Trinajstić information content (AvgIpc) is 2.81. The molecule has 182 valence electrons. The van der Waals surface area contributed by atoms with Gasteiger partial charge in [0.1, 0.15) is 11.7 Å². The summed E-state index contributed by atoms with van der Waals surface area (Å²) in [5, 5.41) is 14.4. The van der Waals surface area contributed by atoms with E-state index >= 15 is 0 Å². The van der Waals surface area contributed by atoms with E-state index in [1.54, 1.807) is 0 Å². The van der Waals surface area contributed by atoms with Crippen molar-refractivity contribution < 1.29 is 42.1 Å². The second-order valence-electron chi connectivity index (χ2n) is 7.67. The fraction of sp³-hybridized carbons (Fsp3) is 0.348. The molecule has 2 amide bonds. The quantitative estimate of drug-likeness (QED) is 0.414. The zero-order valence-corrected chi connectivity index (χ0v) is 18.3. The van der Waals surface area contributed by atoms with Crippen LogP contribution in [0.1, 0.15) is 45.7 Å². The average molecular weight is 480 g/mol. The van der Waals surface area contributed by atoms with Crippen LogP contribution in [-0.4, -0.2) is 48.5 Å². The maximum atomic E-state index is 14.0. The number of urea groups is 1. The maximum Gasteiger partial charge on any atom is 0.437 e. The van der Waals surface area contributed by atoms with Crippen LogP contribution in [-0.2, 0) is 4.74 Å². The lowest BCUT2D eigenvalue weighted by molar-refractivity contribution is -0.287. The van der Waals surface area contributed by atoms with Crippen LogP contribution in [0.5, 0.6) is 5.75 Å². The second-order valence-corrected chi connectivity index (χ2v) is 7.67. The van der Waals surface area contributed by atoms with E-state index in [0.717, 1.165) is 6.42 Å². The molecule has 2 aromatic carbocycles. The third-order valence-corrected chi connectivity index (χ3v) is 5.39. The number of hydrogen-bond acceptors (Lipinski definition) is 6. The molecule has 0 unspecified atom stereocenters. The Labute approximate surface area is 193 Å². The summed E-state index contributed by atoms with van der Waals surface area (Å²) in [5.74, 6) is -3.49. The Balaban J connectivity index is 2.05. The van der Waals surface area contributed by atoms with Crippen molar-refractivity contribution in [1.82, 2.24) is 10.6 Å². The molecule has 0 spiro atoms. The smallest absolute Gasteiger partial charge is 0.437 e. The fourth-order valence-corrected chi connectivity index (χ4v) is 3.68. The van der Waals surface area contributed by atoms with Gasteiger partial charge in [-0.3, -0.25) is 4.79 Å². The van der Waals surface area contributed by atoms with Gasteiger partial charge < -0.3 is 25.2 Å². The standard InChI is InChI=1S/C23H23F3N2O6/c1-3-12-34-16-10-8-14(9-11-16)19(29)17-18(13-4-6-15(7-5-13)20(30)33-2)27-21(31)28-22(17,32)23(24,25)26/h4-11,17-18,32H,3,12H2,1-2H3,(H2,27,28,31)/t17-,18-,22-/m0/s1. The Morgan fingerprint density at radius 2 is 1.65 bits per heavy atom. The molecule has 1 aliphatic heterocycles. The minimum absolute atomic E-state index is 0.0754. The largest absolute Gasteiger partial charge is 0.494 e. The summed E-state index contributed by atoms with van der Waals surface area (Å²) >= 11 is 0. The van der Waals surface area contributed by atoms with Crippen LogP contribution in [0.15, 0.2) is 48.5 Å².